The van der Waals surface area contributed by atoms with Crippen molar-refractivity contribution in [1.29, 1.82) is 0 Å². The Morgan fingerprint density at radius 2 is 1.62 bits per heavy atom. The zero-order valence-electron chi connectivity index (χ0n) is 15.3. The van der Waals surface area contributed by atoms with Crippen LogP contribution >= 0.6 is 12.2 Å². The average Bonchev–Trinajstić information content (AvgIpc) is 2.46. The topological polar surface area (TPSA) is 24.1 Å². The van der Waals surface area contributed by atoms with Crippen molar-refractivity contribution in [3.8, 4) is 0 Å². The van der Waals surface area contributed by atoms with Crippen molar-refractivity contribution in [2.45, 2.75) is 52.5 Å². The highest BCUT2D eigenvalue weighted by atomic mass is 32.1. The Morgan fingerprint density at radius 1 is 1.04 bits per heavy atom. The molecule has 0 radical (unpaired) electrons. The number of aryl methyl sites for hydroxylation is 2. The number of hydrogen-bond acceptors (Lipinski definition) is 1. The molecule has 1 atom stereocenters. The molecule has 0 heterocycles. The molecule has 0 bridgehead atoms. The van der Waals surface area contributed by atoms with Crippen molar-refractivity contribution in [3.05, 3.63) is 65.2 Å². The maximum atomic E-state index is 5.48. The van der Waals surface area contributed by atoms with Crippen LogP contribution in [0.4, 0.5) is 5.69 Å². The van der Waals surface area contributed by atoms with E-state index in [-0.39, 0.29) is 11.5 Å². The van der Waals surface area contributed by atoms with Crippen LogP contribution in [0.3, 0.4) is 0 Å². The quantitative estimate of drug-likeness (QED) is 0.718. The van der Waals surface area contributed by atoms with E-state index in [4.69, 9.17) is 12.2 Å². The average molecular weight is 341 g/mol. The van der Waals surface area contributed by atoms with Crippen molar-refractivity contribution < 1.29 is 0 Å². The van der Waals surface area contributed by atoms with Crippen LogP contribution in [0.2, 0.25) is 0 Å². The third-order valence-electron chi connectivity index (χ3n) is 4.23. The van der Waals surface area contributed by atoms with Gasteiger partial charge in [0.1, 0.15) is 0 Å². The zero-order valence-corrected chi connectivity index (χ0v) is 16.1. The van der Waals surface area contributed by atoms with E-state index >= 15 is 0 Å². The summed E-state index contributed by atoms with van der Waals surface area (Å²) in [5.41, 5.74) is 4.96. The smallest absolute Gasteiger partial charge is 0.170 e. The largest absolute Gasteiger partial charge is 0.360 e. The predicted octanol–water partition coefficient (Wildman–Crippen LogP) is 5.35. The summed E-state index contributed by atoms with van der Waals surface area (Å²) in [7, 11) is 0. The van der Waals surface area contributed by atoms with E-state index in [1.54, 1.807) is 0 Å². The van der Waals surface area contributed by atoms with E-state index in [1.165, 1.54) is 16.7 Å². The third kappa shape index (κ3) is 5.34. The van der Waals surface area contributed by atoms with Crippen LogP contribution < -0.4 is 10.6 Å². The first kappa shape index (κ1) is 18.5. The van der Waals surface area contributed by atoms with E-state index in [9.17, 15) is 0 Å². The van der Waals surface area contributed by atoms with Crippen LogP contribution in [-0.4, -0.2) is 11.2 Å². The highest BCUT2D eigenvalue weighted by Crippen LogP contribution is 2.28. The Labute approximate surface area is 151 Å². The summed E-state index contributed by atoms with van der Waals surface area (Å²) in [5, 5.41) is 7.39. The van der Waals surface area contributed by atoms with Crippen LogP contribution in [0.25, 0.3) is 0 Å². The lowest BCUT2D eigenvalue weighted by Crippen LogP contribution is -2.39. The first-order valence-electron chi connectivity index (χ1n) is 8.47. The number of hydrogen-bond donors (Lipinski definition) is 2. The normalized spacial score (nSPS) is 12.5. The molecule has 128 valence electrons. The lowest BCUT2D eigenvalue weighted by molar-refractivity contribution is 0.420. The molecule has 2 N–H and O–H groups in total. The van der Waals surface area contributed by atoms with Gasteiger partial charge in [0.05, 0.1) is 0 Å². The molecule has 0 spiro atoms. The minimum atomic E-state index is 0.100. The van der Waals surface area contributed by atoms with Gasteiger partial charge in [-0.15, -0.1) is 0 Å². The summed E-state index contributed by atoms with van der Waals surface area (Å²) in [4.78, 5) is 0. The summed E-state index contributed by atoms with van der Waals surface area (Å²) < 4.78 is 0. The number of rotatable bonds is 5. The van der Waals surface area contributed by atoms with Crippen molar-refractivity contribution in [1.82, 2.24) is 5.32 Å². The second kappa shape index (κ2) is 7.80. The molecule has 0 aliphatic heterocycles. The highest BCUT2D eigenvalue weighted by Gasteiger charge is 2.23. The SMILES string of the molecule is Cc1cc(C)cc(NC(=S)N[C@@H](C)CC(C)(C)c2ccccc2)c1. The third-order valence-corrected chi connectivity index (χ3v) is 4.45. The van der Waals surface area contributed by atoms with Crippen molar-refractivity contribution in [2.24, 2.45) is 0 Å². The Bertz CT molecular complexity index is 672. The second-order valence-electron chi connectivity index (χ2n) is 7.33. The summed E-state index contributed by atoms with van der Waals surface area (Å²) in [6.45, 7) is 10.9. The Hall–Kier alpha value is -1.87. The predicted molar refractivity (Wildman–Crippen MR) is 109 cm³/mol. The zero-order chi connectivity index (χ0) is 17.7. The molecule has 2 nitrogen and oxygen atoms in total. The van der Waals surface area contributed by atoms with E-state index in [0.29, 0.717) is 5.11 Å². The fourth-order valence-corrected chi connectivity index (χ4v) is 3.58. The molecule has 0 aromatic heterocycles. The van der Waals surface area contributed by atoms with Gasteiger partial charge in [0.15, 0.2) is 5.11 Å². The molecule has 0 amide bonds. The lowest BCUT2D eigenvalue weighted by Gasteiger charge is -2.29. The second-order valence-corrected chi connectivity index (χ2v) is 7.74. The van der Waals surface area contributed by atoms with Gasteiger partial charge in [-0.2, -0.15) is 0 Å². The fourth-order valence-electron chi connectivity index (χ4n) is 3.26. The van der Waals surface area contributed by atoms with Crippen molar-refractivity contribution in [3.63, 3.8) is 0 Å². The van der Waals surface area contributed by atoms with Gasteiger partial charge in [-0.05, 0) is 73.6 Å². The van der Waals surface area contributed by atoms with Crippen LogP contribution in [0.1, 0.15) is 43.9 Å². The van der Waals surface area contributed by atoms with Crippen molar-refractivity contribution in [2.75, 3.05) is 5.32 Å². The van der Waals surface area contributed by atoms with Gasteiger partial charge in [-0.1, -0.05) is 50.2 Å². The molecule has 2 rings (SSSR count). The molecule has 0 saturated carbocycles. The van der Waals surface area contributed by atoms with Gasteiger partial charge in [0.25, 0.3) is 0 Å². The maximum Gasteiger partial charge on any atom is 0.170 e. The van der Waals surface area contributed by atoms with Gasteiger partial charge in [0.2, 0.25) is 0 Å². The first-order valence-corrected chi connectivity index (χ1v) is 8.88. The lowest BCUT2D eigenvalue weighted by atomic mass is 9.79. The number of thiocarbonyl (C=S) groups is 1. The summed E-state index contributed by atoms with van der Waals surface area (Å²) in [6.07, 6.45) is 1.01. The molecule has 0 fully saturated rings. The molecule has 0 aliphatic rings. The molecule has 0 unspecified atom stereocenters. The van der Waals surface area contributed by atoms with Crippen LogP contribution in [-0.2, 0) is 5.41 Å². The molecule has 24 heavy (non-hydrogen) atoms. The van der Waals surface area contributed by atoms with Gasteiger partial charge >= 0.3 is 0 Å². The first-order chi connectivity index (χ1) is 11.3. The van der Waals surface area contributed by atoms with Gasteiger partial charge in [-0.25, -0.2) is 0 Å². The number of nitrogens with one attached hydrogen (secondary N) is 2. The molecule has 3 heteroatoms. The highest BCUT2D eigenvalue weighted by molar-refractivity contribution is 7.80. The maximum absolute atomic E-state index is 5.48. The van der Waals surface area contributed by atoms with Crippen LogP contribution in [0, 0.1) is 13.8 Å². The molecule has 0 aliphatic carbocycles. The van der Waals surface area contributed by atoms with Gasteiger partial charge in [-0.3, -0.25) is 0 Å². The Kier molecular flexibility index (Phi) is 6.00. The molecule has 0 saturated heterocycles. The minimum Gasteiger partial charge on any atom is -0.360 e. The van der Waals surface area contributed by atoms with Crippen LogP contribution in [0.5, 0.6) is 0 Å². The molecule has 2 aromatic carbocycles. The fraction of sp³-hybridized carbons (Fsp3) is 0.381. The van der Waals surface area contributed by atoms with Crippen molar-refractivity contribution >= 4 is 23.0 Å². The summed E-state index contributed by atoms with van der Waals surface area (Å²) >= 11 is 5.48. The Morgan fingerprint density at radius 3 is 2.21 bits per heavy atom. The van der Waals surface area contributed by atoms with E-state index in [0.717, 1.165) is 12.1 Å². The summed E-state index contributed by atoms with van der Waals surface area (Å²) in [6, 6.07) is 17.3. The monoisotopic (exact) mass is 340 g/mol. The molecule has 2 aromatic rings. The molecular formula is C21H28N2S. The van der Waals surface area contributed by atoms with Gasteiger partial charge in [0, 0.05) is 11.7 Å². The van der Waals surface area contributed by atoms with E-state index in [1.807, 2.05) is 0 Å². The minimum absolute atomic E-state index is 0.100. The number of benzene rings is 2. The standard InChI is InChI=1S/C21H28N2S/c1-15-11-16(2)13-19(12-15)23-20(24)22-17(3)14-21(4,5)18-9-7-6-8-10-18/h6-13,17H,14H2,1-5H3,(H2,22,23,24)/t17-/m0/s1. The Balaban J connectivity index is 1.94. The molecular weight excluding hydrogens is 312 g/mol. The van der Waals surface area contributed by atoms with E-state index < -0.39 is 0 Å². The number of anilines is 1. The van der Waals surface area contributed by atoms with Crippen LogP contribution in [0.15, 0.2) is 48.5 Å². The van der Waals surface area contributed by atoms with Gasteiger partial charge < -0.3 is 10.6 Å². The van der Waals surface area contributed by atoms with E-state index in [2.05, 4.69) is 93.8 Å². The summed E-state index contributed by atoms with van der Waals surface area (Å²) in [5.74, 6) is 0.